The van der Waals surface area contributed by atoms with Gasteiger partial charge in [-0.25, -0.2) is 9.97 Å². The van der Waals surface area contributed by atoms with Crippen LogP contribution in [0, 0.1) is 11.9 Å². The molecule has 0 radical (unpaired) electrons. The fourth-order valence-corrected chi connectivity index (χ4v) is 1.55. The van der Waals surface area contributed by atoms with Crippen LogP contribution in [-0.4, -0.2) is 27.7 Å². The second-order valence-corrected chi connectivity index (χ2v) is 3.60. The van der Waals surface area contributed by atoms with Gasteiger partial charge in [0.25, 0.3) is 0 Å². The number of aromatic nitrogens is 2. The van der Waals surface area contributed by atoms with E-state index >= 15 is 0 Å². The lowest BCUT2D eigenvalue weighted by atomic mass is 9.82. The Morgan fingerprint density at radius 1 is 1.50 bits per heavy atom. The highest BCUT2D eigenvalue weighted by atomic mass is 19.1. The fourth-order valence-electron chi connectivity index (χ4n) is 1.55. The van der Waals surface area contributed by atoms with Crippen molar-refractivity contribution in [2.75, 3.05) is 11.9 Å². The first kappa shape index (κ1) is 9.33. The van der Waals surface area contributed by atoms with Crippen molar-refractivity contribution < 1.29 is 9.50 Å². The number of nitrogens with zero attached hydrogens (tertiary/aromatic N) is 2. The quantitative estimate of drug-likeness (QED) is 0.704. The van der Waals surface area contributed by atoms with Crippen LogP contribution in [0.15, 0.2) is 12.4 Å². The fraction of sp³-hybridized carbons (Fsp3) is 0.556. The molecule has 1 saturated carbocycles. The van der Waals surface area contributed by atoms with E-state index in [1.165, 1.54) is 12.4 Å². The van der Waals surface area contributed by atoms with E-state index in [9.17, 15) is 4.39 Å². The topological polar surface area (TPSA) is 58.0 Å². The van der Waals surface area contributed by atoms with Crippen molar-refractivity contribution in [1.29, 1.82) is 0 Å². The lowest BCUT2D eigenvalue weighted by molar-refractivity contribution is 0.0486. The molecule has 1 fully saturated rings. The first-order valence-electron chi connectivity index (χ1n) is 4.63. The van der Waals surface area contributed by atoms with E-state index in [1.54, 1.807) is 0 Å². The summed E-state index contributed by atoms with van der Waals surface area (Å²) >= 11 is 0. The van der Waals surface area contributed by atoms with Crippen LogP contribution >= 0.6 is 0 Å². The minimum Gasteiger partial charge on any atom is -0.393 e. The second-order valence-electron chi connectivity index (χ2n) is 3.60. The lowest BCUT2D eigenvalue weighted by Crippen LogP contribution is -2.33. The van der Waals surface area contributed by atoms with E-state index in [4.69, 9.17) is 5.11 Å². The second kappa shape index (κ2) is 3.88. The van der Waals surface area contributed by atoms with Gasteiger partial charge in [0.1, 0.15) is 12.1 Å². The molecule has 0 saturated heterocycles. The molecule has 2 N–H and O–H groups in total. The van der Waals surface area contributed by atoms with Gasteiger partial charge >= 0.3 is 0 Å². The zero-order valence-electron chi connectivity index (χ0n) is 7.65. The molecule has 0 bridgehead atoms. The summed E-state index contributed by atoms with van der Waals surface area (Å²) in [6.07, 6.45) is 2.68. The van der Waals surface area contributed by atoms with Crippen LogP contribution < -0.4 is 5.32 Å². The Hall–Kier alpha value is -1.23. The van der Waals surface area contributed by atoms with Gasteiger partial charge in [-0.15, -0.1) is 0 Å². The van der Waals surface area contributed by atoms with Crippen molar-refractivity contribution in [2.24, 2.45) is 5.92 Å². The van der Waals surface area contributed by atoms with Crippen molar-refractivity contribution in [3.8, 4) is 0 Å². The largest absolute Gasteiger partial charge is 0.393 e. The Morgan fingerprint density at radius 3 is 2.93 bits per heavy atom. The highest BCUT2D eigenvalue weighted by molar-refractivity contribution is 5.32. The molecule has 1 aromatic heterocycles. The third kappa shape index (κ3) is 2.17. The Kier molecular flexibility index (Phi) is 2.58. The van der Waals surface area contributed by atoms with Crippen molar-refractivity contribution in [1.82, 2.24) is 9.97 Å². The first-order valence-corrected chi connectivity index (χ1v) is 4.63. The van der Waals surface area contributed by atoms with Gasteiger partial charge in [-0.05, 0) is 18.8 Å². The van der Waals surface area contributed by atoms with E-state index in [0.29, 0.717) is 11.7 Å². The molecule has 1 heterocycles. The molecule has 0 unspecified atom stereocenters. The Balaban J connectivity index is 1.80. The van der Waals surface area contributed by atoms with Gasteiger partial charge < -0.3 is 10.4 Å². The number of aliphatic hydroxyl groups excluding tert-OH is 1. The molecule has 76 valence electrons. The van der Waals surface area contributed by atoms with Crippen LogP contribution in [-0.2, 0) is 0 Å². The summed E-state index contributed by atoms with van der Waals surface area (Å²) in [4.78, 5) is 7.22. The van der Waals surface area contributed by atoms with Crippen molar-refractivity contribution in [3.63, 3.8) is 0 Å². The Labute approximate surface area is 81.2 Å². The first-order chi connectivity index (χ1) is 6.74. The minimum atomic E-state index is -0.531. The number of rotatable bonds is 3. The SMILES string of the molecule is OC1CC(CNc2cc(F)ncn2)C1. The number of hydrogen-bond donors (Lipinski definition) is 2. The molecule has 1 aliphatic rings. The van der Waals surface area contributed by atoms with Crippen LogP contribution in [0.25, 0.3) is 0 Å². The summed E-state index contributed by atoms with van der Waals surface area (Å²) in [5.74, 6) is 0.443. The summed E-state index contributed by atoms with van der Waals surface area (Å²) in [5, 5.41) is 12.1. The van der Waals surface area contributed by atoms with Gasteiger partial charge in [-0.1, -0.05) is 0 Å². The molecule has 2 rings (SSSR count). The van der Waals surface area contributed by atoms with Crippen LogP contribution in [0.5, 0.6) is 0 Å². The van der Waals surface area contributed by atoms with E-state index in [1.807, 2.05) is 0 Å². The van der Waals surface area contributed by atoms with E-state index < -0.39 is 5.95 Å². The van der Waals surface area contributed by atoms with E-state index in [0.717, 1.165) is 19.4 Å². The Morgan fingerprint density at radius 2 is 2.29 bits per heavy atom. The zero-order chi connectivity index (χ0) is 9.97. The molecule has 1 aliphatic carbocycles. The van der Waals surface area contributed by atoms with Gasteiger partial charge in [0.2, 0.25) is 5.95 Å². The molecular weight excluding hydrogens is 185 g/mol. The van der Waals surface area contributed by atoms with Crippen molar-refractivity contribution in [2.45, 2.75) is 18.9 Å². The molecule has 14 heavy (non-hydrogen) atoms. The minimum absolute atomic E-state index is 0.149. The molecule has 0 amide bonds. The highest BCUT2D eigenvalue weighted by Gasteiger charge is 2.26. The zero-order valence-corrected chi connectivity index (χ0v) is 7.65. The normalized spacial score (nSPS) is 25.6. The summed E-state index contributed by atoms with van der Waals surface area (Å²) in [5.41, 5.74) is 0. The predicted octanol–water partition coefficient (Wildman–Crippen LogP) is 0.798. The number of aliphatic hydroxyl groups is 1. The van der Waals surface area contributed by atoms with Crippen LogP contribution in [0.3, 0.4) is 0 Å². The van der Waals surface area contributed by atoms with Crippen LogP contribution in [0.4, 0.5) is 10.2 Å². The average Bonchev–Trinajstić information content (AvgIpc) is 2.11. The maximum absolute atomic E-state index is 12.6. The van der Waals surface area contributed by atoms with Gasteiger partial charge in [0, 0.05) is 12.6 Å². The molecule has 1 aromatic rings. The smallest absolute Gasteiger partial charge is 0.217 e. The van der Waals surface area contributed by atoms with E-state index in [2.05, 4.69) is 15.3 Å². The summed E-state index contributed by atoms with van der Waals surface area (Å²) < 4.78 is 12.6. The standard InChI is InChI=1S/C9H12FN3O/c10-8-3-9(13-5-12-8)11-4-6-1-7(14)2-6/h3,5-7,14H,1-2,4H2,(H,11,12,13). The molecule has 0 spiro atoms. The van der Waals surface area contributed by atoms with Gasteiger partial charge in [0.05, 0.1) is 6.10 Å². The van der Waals surface area contributed by atoms with Crippen LogP contribution in [0.2, 0.25) is 0 Å². The molecule has 0 atom stereocenters. The number of nitrogens with one attached hydrogen (secondary N) is 1. The van der Waals surface area contributed by atoms with Crippen molar-refractivity contribution >= 4 is 5.82 Å². The molecule has 5 heteroatoms. The van der Waals surface area contributed by atoms with E-state index in [-0.39, 0.29) is 6.10 Å². The molecule has 4 nitrogen and oxygen atoms in total. The van der Waals surface area contributed by atoms with Gasteiger partial charge in [-0.3, -0.25) is 0 Å². The third-order valence-electron chi connectivity index (χ3n) is 2.42. The molecular formula is C9H12FN3O. The maximum Gasteiger partial charge on any atom is 0.217 e. The summed E-state index contributed by atoms with van der Waals surface area (Å²) in [7, 11) is 0. The van der Waals surface area contributed by atoms with Gasteiger partial charge in [-0.2, -0.15) is 4.39 Å². The predicted molar refractivity (Wildman–Crippen MR) is 49.2 cm³/mol. The average molecular weight is 197 g/mol. The summed E-state index contributed by atoms with van der Waals surface area (Å²) in [6, 6.07) is 1.26. The number of anilines is 1. The highest BCUT2D eigenvalue weighted by Crippen LogP contribution is 2.26. The number of hydrogen-bond acceptors (Lipinski definition) is 4. The Bertz CT molecular complexity index is 315. The third-order valence-corrected chi connectivity index (χ3v) is 2.42. The molecule has 0 aliphatic heterocycles. The number of halogens is 1. The van der Waals surface area contributed by atoms with Gasteiger partial charge in [0.15, 0.2) is 0 Å². The van der Waals surface area contributed by atoms with Crippen molar-refractivity contribution in [3.05, 3.63) is 18.3 Å². The maximum atomic E-state index is 12.6. The summed E-state index contributed by atoms with van der Waals surface area (Å²) in [6.45, 7) is 0.730. The molecule has 0 aromatic carbocycles. The van der Waals surface area contributed by atoms with Crippen LogP contribution in [0.1, 0.15) is 12.8 Å². The monoisotopic (exact) mass is 197 g/mol. The lowest BCUT2D eigenvalue weighted by Gasteiger charge is -2.31.